The molecule has 0 aliphatic heterocycles. The van der Waals surface area contributed by atoms with Crippen LogP contribution >= 0.6 is 34.8 Å². The first-order chi connectivity index (χ1) is 16.0. The van der Waals surface area contributed by atoms with E-state index in [2.05, 4.69) is 38.8 Å². The number of rotatable bonds is 7. The summed E-state index contributed by atoms with van der Waals surface area (Å²) >= 11 is 7.17. The molecule has 3 rings (SSSR count). The first kappa shape index (κ1) is 24.5. The minimum absolute atomic E-state index is 0.0280. The lowest BCUT2D eigenvalue weighted by Gasteiger charge is -2.12. The normalized spacial score (nSPS) is 10.1. The lowest BCUT2D eigenvalue weighted by atomic mass is 10.2. The van der Waals surface area contributed by atoms with Gasteiger partial charge < -0.3 is 9.47 Å². The molecule has 7 nitrogen and oxygen atoms in total. The number of thiocarbonyl (C=S) groups is 1. The standard InChI is InChI=1S/C24H22IN3O4S/c1-31-21-12-9-18(15-20(21)25)23(30)27-28-24(33)26-22(29)17-7-10-19(11-8-17)32-14-13-16-5-3-2-4-6-16/h2-12,15H,13-14H2,1H3,(H,27,30)(H2,26,28,29,33). The van der Waals surface area contributed by atoms with Gasteiger partial charge >= 0.3 is 0 Å². The molecule has 0 saturated heterocycles. The zero-order chi connectivity index (χ0) is 23.6. The van der Waals surface area contributed by atoms with Crippen LogP contribution in [0.2, 0.25) is 0 Å². The average molecular weight is 575 g/mol. The number of halogens is 1. The van der Waals surface area contributed by atoms with Gasteiger partial charge in [0.2, 0.25) is 0 Å². The van der Waals surface area contributed by atoms with Gasteiger partial charge in [0.15, 0.2) is 5.11 Å². The van der Waals surface area contributed by atoms with Gasteiger partial charge in [0, 0.05) is 17.5 Å². The number of benzene rings is 3. The van der Waals surface area contributed by atoms with E-state index in [1.807, 2.05) is 30.3 Å². The fourth-order valence-electron chi connectivity index (χ4n) is 2.83. The van der Waals surface area contributed by atoms with E-state index >= 15 is 0 Å². The maximum Gasteiger partial charge on any atom is 0.269 e. The van der Waals surface area contributed by atoms with Crippen molar-refractivity contribution in [2.24, 2.45) is 0 Å². The zero-order valence-electron chi connectivity index (χ0n) is 17.8. The lowest BCUT2D eigenvalue weighted by Crippen LogP contribution is -2.48. The van der Waals surface area contributed by atoms with Gasteiger partial charge in [-0.05, 0) is 82.8 Å². The smallest absolute Gasteiger partial charge is 0.269 e. The number of hydrogen-bond acceptors (Lipinski definition) is 5. The Morgan fingerprint density at radius 3 is 2.27 bits per heavy atom. The van der Waals surface area contributed by atoms with Gasteiger partial charge in [-0.3, -0.25) is 25.8 Å². The van der Waals surface area contributed by atoms with Crippen LogP contribution < -0.4 is 25.6 Å². The number of ether oxygens (including phenoxy) is 2. The highest BCUT2D eigenvalue weighted by molar-refractivity contribution is 14.1. The molecule has 0 heterocycles. The predicted octanol–water partition coefficient (Wildman–Crippen LogP) is 3.87. The first-order valence-corrected chi connectivity index (χ1v) is 11.5. The number of methoxy groups -OCH3 is 1. The van der Waals surface area contributed by atoms with Crippen LogP contribution in [0.1, 0.15) is 26.3 Å². The molecule has 0 bridgehead atoms. The van der Waals surface area contributed by atoms with E-state index in [1.54, 1.807) is 49.6 Å². The summed E-state index contributed by atoms with van der Waals surface area (Å²) in [5.41, 5.74) is 7.01. The molecule has 0 unspecified atom stereocenters. The van der Waals surface area contributed by atoms with E-state index in [4.69, 9.17) is 21.7 Å². The number of hydrogen-bond donors (Lipinski definition) is 3. The fourth-order valence-corrected chi connectivity index (χ4v) is 3.71. The van der Waals surface area contributed by atoms with Gasteiger partial charge in [-0.25, -0.2) is 0 Å². The van der Waals surface area contributed by atoms with Crippen molar-refractivity contribution in [1.82, 2.24) is 16.2 Å². The first-order valence-electron chi connectivity index (χ1n) is 9.98. The summed E-state index contributed by atoms with van der Waals surface area (Å²) in [4.78, 5) is 24.7. The minimum Gasteiger partial charge on any atom is -0.496 e. The second-order valence-corrected chi connectivity index (χ2v) is 8.39. The van der Waals surface area contributed by atoms with E-state index in [0.717, 1.165) is 9.99 Å². The number of nitrogens with one attached hydrogen (secondary N) is 3. The highest BCUT2D eigenvalue weighted by atomic mass is 127. The summed E-state index contributed by atoms with van der Waals surface area (Å²) in [5, 5.41) is 2.49. The van der Waals surface area contributed by atoms with Crippen LogP contribution in [0.25, 0.3) is 0 Å². The maximum absolute atomic E-state index is 12.4. The summed E-state index contributed by atoms with van der Waals surface area (Å²) in [6.45, 7) is 0.538. The molecule has 0 aliphatic carbocycles. The third kappa shape index (κ3) is 7.43. The Bertz CT molecular complexity index is 1120. The molecular weight excluding hydrogens is 553 g/mol. The van der Waals surface area contributed by atoms with Gasteiger partial charge in [-0.2, -0.15) is 0 Å². The summed E-state index contributed by atoms with van der Waals surface area (Å²) in [7, 11) is 1.56. The van der Waals surface area contributed by atoms with Crippen LogP contribution in [0.3, 0.4) is 0 Å². The molecule has 3 aromatic rings. The Labute approximate surface area is 211 Å². The minimum atomic E-state index is -0.406. The molecule has 2 amide bonds. The average Bonchev–Trinajstić information content (AvgIpc) is 2.83. The topological polar surface area (TPSA) is 88.7 Å². The Kier molecular flexibility index (Phi) is 9.02. The molecule has 0 fully saturated rings. The molecule has 3 aromatic carbocycles. The van der Waals surface area contributed by atoms with Crippen molar-refractivity contribution in [3.63, 3.8) is 0 Å². The molecule has 0 atom stereocenters. The van der Waals surface area contributed by atoms with Gasteiger partial charge in [0.1, 0.15) is 11.5 Å². The fraction of sp³-hybridized carbons (Fsp3) is 0.125. The number of carbonyl (C=O) groups is 2. The highest BCUT2D eigenvalue weighted by Gasteiger charge is 2.11. The van der Waals surface area contributed by atoms with Crippen LogP contribution in [0.5, 0.6) is 11.5 Å². The quantitative estimate of drug-likeness (QED) is 0.225. The van der Waals surface area contributed by atoms with Crippen LogP contribution in [0.4, 0.5) is 0 Å². The van der Waals surface area contributed by atoms with E-state index in [0.29, 0.717) is 29.2 Å². The molecule has 0 saturated carbocycles. The molecule has 0 spiro atoms. The van der Waals surface area contributed by atoms with Crippen molar-refractivity contribution in [3.05, 3.63) is 93.1 Å². The summed E-state index contributed by atoms with van der Waals surface area (Å²) in [6, 6.07) is 21.8. The number of amides is 2. The highest BCUT2D eigenvalue weighted by Crippen LogP contribution is 2.21. The second-order valence-electron chi connectivity index (χ2n) is 6.82. The van der Waals surface area contributed by atoms with E-state index < -0.39 is 11.8 Å². The SMILES string of the molecule is COc1ccc(C(=O)NNC(=S)NC(=O)c2ccc(OCCc3ccccc3)cc2)cc1I. The van der Waals surface area contributed by atoms with Crippen molar-refractivity contribution in [2.75, 3.05) is 13.7 Å². The Morgan fingerprint density at radius 2 is 1.61 bits per heavy atom. The summed E-state index contributed by atoms with van der Waals surface area (Å²) in [5.74, 6) is 0.542. The monoisotopic (exact) mass is 575 g/mol. The molecule has 0 aromatic heterocycles. The molecule has 33 heavy (non-hydrogen) atoms. The summed E-state index contributed by atoms with van der Waals surface area (Å²) < 4.78 is 11.7. The second kappa shape index (κ2) is 12.2. The van der Waals surface area contributed by atoms with Gasteiger partial charge in [-0.15, -0.1) is 0 Å². The maximum atomic E-state index is 12.4. The van der Waals surface area contributed by atoms with Crippen LogP contribution in [0.15, 0.2) is 72.8 Å². The number of carbonyl (C=O) groups excluding carboxylic acids is 2. The number of hydrazine groups is 1. The Morgan fingerprint density at radius 1 is 0.909 bits per heavy atom. The predicted molar refractivity (Wildman–Crippen MR) is 138 cm³/mol. The van der Waals surface area contributed by atoms with Gasteiger partial charge in [-0.1, -0.05) is 30.3 Å². The largest absolute Gasteiger partial charge is 0.496 e. The van der Waals surface area contributed by atoms with Crippen LogP contribution in [0, 0.1) is 3.57 Å². The van der Waals surface area contributed by atoms with Crippen molar-refractivity contribution >= 4 is 51.7 Å². The van der Waals surface area contributed by atoms with E-state index in [9.17, 15) is 9.59 Å². The van der Waals surface area contributed by atoms with Crippen LogP contribution in [-0.4, -0.2) is 30.6 Å². The Hall–Kier alpha value is -3.18. The molecule has 0 aliphatic rings. The van der Waals surface area contributed by atoms with E-state index in [1.165, 1.54) is 5.56 Å². The Balaban J connectivity index is 1.43. The molecule has 170 valence electrons. The van der Waals surface area contributed by atoms with Crippen molar-refractivity contribution in [2.45, 2.75) is 6.42 Å². The molecule has 0 radical (unpaired) electrons. The zero-order valence-corrected chi connectivity index (χ0v) is 20.7. The third-order valence-corrected chi connectivity index (χ3v) is 5.60. The molecule has 3 N–H and O–H groups in total. The van der Waals surface area contributed by atoms with Crippen molar-refractivity contribution in [3.8, 4) is 11.5 Å². The third-order valence-electron chi connectivity index (χ3n) is 4.55. The van der Waals surface area contributed by atoms with E-state index in [-0.39, 0.29) is 5.11 Å². The van der Waals surface area contributed by atoms with Crippen molar-refractivity contribution < 1.29 is 19.1 Å². The van der Waals surface area contributed by atoms with Crippen molar-refractivity contribution in [1.29, 1.82) is 0 Å². The van der Waals surface area contributed by atoms with Gasteiger partial charge in [0.25, 0.3) is 11.8 Å². The summed E-state index contributed by atoms with van der Waals surface area (Å²) in [6.07, 6.45) is 0.796. The lowest BCUT2D eigenvalue weighted by molar-refractivity contribution is 0.0934. The molecular formula is C24H22IN3O4S. The molecule has 9 heteroatoms. The van der Waals surface area contributed by atoms with Crippen LogP contribution in [-0.2, 0) is 6.42 Å². The van der Waals surface area contributed by atoms with Gasteiger partial charge in [0.05, 0.1) is 17.3 Å².